The van der Waals surface area contributed by atoms with Gasteiger partial charge in [0.05, 0.1) is 23.6 Å². The number of ether oxygens (including phenoxy) is 1. The molecule has 0 spiro atoms. The summed E-state index contributed by atoms with van der Waals surface area (Å²) in [7, 11) is -2.19. The summed E-state index contributed by atoms with van der Waals surface area (Å²) in [4.78, 5) is 13.3. The molecule has 3 rings (SSSR count). The number of nitrogens with zero attached hydrogens (tertiary/aromatic N) is 1. The van der Waals surface area contributed by atoms with E-state index < -0.39 is 10.0 Å². The van der Waals surface area contributed by atoms with Crippen molar-refractivity contribution in [3.63, 3.8) is 0 Å². The van der Waals surface area contributed by atoms with Gasteiger partial charge in [0.25, 0.3) is 5.91 Å². The molecule has 1 unspecified atom stereocenters. The van der Waals surface area contributed by atoms with Crippen LogP contribution >= 0.6 is 0 Å². The predicted octanol–water partition coefficient (Wildman–Crippen LogP) is 5.05. The highest BCUT2D eigenvalue weighted by molar-refractivity contribution is 7.89. The highest BCUT2D eigenvalue weighted by Gasteiger charge is 2.27. The van der Waals surface area contributed by atoms with E-state index in [1.165, 1.54) is 29.1 Å². The highest BCUT2D eigenvalue weighted by atomic mass is 32.2. The normalized spacial score (nSPS) is 16.6. The lowest BCUT2D eigenvalue weighted by Crippen LogP contribution is -2.32. The number of nitrogens with one attached hydrogen (secondary N) is 1. The van der Waals surface area contributed by atoms with E-state index >= 15 is 0 Å². The maximum absolute atomic E-state index is 13.2. The first-order valence-corrected chi connectivity index (χ1v) is 13.1. The molecule has 0 bridgehead atoms. The maximum atomic E-state index is 13.2. The lowest BCUT2D eigenvalue weighted by Gasteiger charge is -2.22. The number of sulfonamides is 1. The number of hydrogen-bond donors (Lipinski definition) is 1. The van der Waals surface area contributed by atoms with Crippen LogP contribution in [-0.2, 0) is 15.4 Å². The minimum atomic E-state index is -3.67. The molecule has 2 aromatic rings. The van der Waals surface area contributed by atoms with Gasteiger partial charge in [0.1, 0.15) is 5.75 Å². The number of amides is 1. The molecular formula is C26H36N2O4S. The van der Waals surface area contributed by atoms with Crippen LogP contribution in [0.3, 0.4) is 0 Å². The van der Waals surface area contributed by atoms with Crippen LogP contribution in [0.15, 0.2) is 47.4 Å². The number of hydrogen-bond acceptors (Lipinski definition) is 4. The largest absolute Gasteiger partial charge is 0.496 e. The standard InChI is InChI=1S/C26H36N2O4S/c1-19(20-10-12-21(13-11-20)26(2,3)4)27-25(29)23-18-22(14-15-24(23)32-5)33(30,31)28-16-8-6-7-9-17-28/h10-15,18-19H,6-9,16-17H2,1-5H3,(H,27,29). The Bertz CT molecular complexity index is 1060. The quantitative estimate of drug-likeness (QED) is 0.638. The van der Waals surface area contributed by atoms with Crippen molar-refractivity contribution in [2.24, 2.45) is 0 Å². The summed E-state index contributed by atoms with van der Waals surface area (Å²) in [5.41, 5.74) is 2.46. The van der Waals surface area contributed by atoms with E-state index in [1.807, 2.05) is 19.1 Å². The molecule has 180 valence electrons. The zero-order valence-electron chi connectivity index (χ0n) is 20.3. The van der Waals surface area contributed by atoms with E-state index in [9.17, 15) is 13.2 Å². The SMILES string of the molecule is COc1ccc(S(=O)(=O)N2CCCCCC2)cc1C(=O)NC(C)c1ccc(C(C)(C)C)cc1. The first-order valence-electron chi connectivity index (χ1n) is 11.6. The second-order valence-electron chi connectivity index (χ2n) is 9.75. The highest BCUT2D eigenvalue weighted by Crippen LogP contribution is 2.28. The fourth-order valence-corrected chi connectivity index (χ4v) is 5.63. The van der Waals surface area contributed by atoms with Gasteiger partial charge in [-0.1, -0.05) is 57.9 Å². The molecule has 1 aliphatic heterocycles. The number of carbonyl (C=O) groups excluding carboxylic acids is 1. The minimum absolute atomic E-state index is 0.0533. The summed E-state index contributed by atoms with van der Waals surface area (Å²) in [6, 6.07) is 12.4. The summed E-state index contributed by atoms with van der Waals surface area (Å²) >= 11 is 0. The van der Waals surface area contributed by atoms with Gasteiger partial charge in [-0.2, -0.15) is 4.31 Å². The van der Waals surface area contributed by atoms with Gasteiger partial charge in [0.2, 0.25) is 10.0 Å². The smallest absolute Gasteiger partial charge is 0.255 e. The Kier molecular flexibility index (Phi) is 7.85. The molecule has 0 saturated carbocycles. The van der Waals surface area contributed by atoms with Crippen molar-refractivity contribution in [1.82, 2.24) is 9.62 Å². The number of benzene rings is 2. The van der Waals surface area contributed by atoms with Gasteiger partial charge in [0, 0.05) is 13.1 Å². The molecule has 1 fully saturated rings. The van der Waals surface area contributed by atoms with Crippen molar-refractivity contribution in [1.29, 1.82) is 0 Å². The zero-order chi connectivity index (χ0) is 24.2. The van der Waals surface area contributed by atoms with Crippen LogP contribution in [0.25, 0.3) is 0 Å². The number of rotatable bonds is 6. The van der Waals surface area contributed by atoms with Crippen LogP contribution < -0.4 is 10.1 Å². The predicted molar refractivity (Wildman–Crippen MR) is 131 cm³/mol. The maximum Gasteiger partial charge on any atom is 0.255 e. The van der Waals surface area contributed by atoms with Crippen LogP contribution in [0.4, 0.5) is 0 Å². The molecule has 1 heterocycles. The first kappa shape index (κ1) is 25.2. The lowest BCUT2D eigenvalue weighted by molar-refractivity contribution is 0.0936. The van der Waals surface area contributed by atoms with Gasteiger partial charge < -0.3 is 10.1 Å². The molecule has 2 aromatic carbocycles. The van der Waals surface area contributed by atoms with Crippen LogP contribution in [0.1, 0.15) is 80.9 Å². The van der Waals surface area contributed by atoms with Gasteiger partial charge in [-0.3, -0.25) is 4.79 Å². The molecular weight excluding hydrogens is 436 g/mol. The van der Waals surface area contributed by atoms with Crippen molar-refractivity contribution in [3.05, 3.63) is 59.2 Å². The second kappa shape index (κ2) is 10.3. The monoisotopic (exact) mass is 472 g/mol. The Balaban J connectivity index is 1.83. The van der Waals surface area contributed by atoms with Gasteiger partial charge in [-0.05, 0) is 54.5 Å². The van der Waals surface area contributed by atoms with Crippen molar-refractivity contribution < 1.29 is 17.9 Å². The Labute approximate surface area is 198 Å². The zero-order valence-corrected chi connectivity index (χ0v) is 21.2. The number of carbonyl (C=O) groups is 1. The van der Waals surface area contributed by atoms with E-state index in [4.69, 9.17) is 4.74 Å². The third-order valence-electron chi connectivity index (χ3n) is 6.24. The second-order valence-corrected chi connectivity index (χ2v) is 11.7. The average molecular weight is 473 g/mol. The van der Waals surface area contributed by atoms with Crippen LogP contribution in [-0.4, -0.2) is 38.8 Å². The molecule has 7 heteroatoms. The van der Waals surface area contributed by atoms with Crippen molar-refractivity contribution in [2.45, 2.75) is 69.7 Å². The molecule has 0 radical (unpaired) electrons. The summed E-state index contributed by atoms with van der Waals surface area (Å²) in [6.07, 6.45) is 3.79. The van der Waals surface area contributed by atoms with Crippen molar-refractivity contribution >= 4 is 15.9 Å². The van der Waals surface area contributed by atoms with Gasteiger partial charge in [0.15, 0.2) is 0 Å². The minimum Gasteiger partial charge on any atom is -0.496 e. The van der Waals surface area contributed by atoms with Gasteiger partial charge >= 0.3 is 0 Å². The van der Waals surface area contributed by atoms with Crippen LogP contribution in [0.2, 0.25) is 0 Å². The molecule has 1 amide bonds. The molecule has 1 atom stereocenters. The Hall–Kier alpha value is -2.38. The van der Waals surface area contributed by atoms with E-state index in [0.29, 0.717) is 18.8 Å². The molecule has 1 aliphatic rings. The summed E-state index contributed by atoms with van der Waals surface area (Å²) in [6.45, 7) is 9.41. The third kappa shape index (κ3) is 5.95. The summed E-state index contributed by atoms with van der Waals surface area (Å²) < 4.78 is 33.4. The Morgan fingerprint density at radius 1 is 1.00 bits per heavy atom. The van der Waals surface area contributed by atoms with E-state index in [2.05, 4.69) is 38.2 Å². The van der Waals surface area contributed by atoms with Gasteiger partial charge in [-0.15, -0.1) is 0 Å². The topological polar surface area (TPSA) is 75.7 Å². The van der Waals surface area contributed by atoms with E-state index in [0.717, 1.165) is 31.2 Å². The first-order chi connectivity index (χ1) is 15.5. The molecule has 0 aliphatic carbocycles. The molecule has 0 aromatic heterocycles. The van der Waals surface area contributed by atoms with E-state index in [1.54, 1.807) is 6.07 Å². The molecule has 33 heavy (non-hydrogen) atoms. The lowest BCUT2D eigenvalue weighted by atomic mass is 9.86. The van der Waals surface area contributed by atoms with Gasteiger partial charge in [-0.25, -0.2) is 8.42 Å². The van der Waals surface area contributed by atoms with Crippen LogP contribution in [0, 0.1) is 0 Å². The third-order valence-corrected chi connectivity index (χ3v) is 8.14. The molecule has 1 saturated heterocycles. The Morgan fingerprint density at radius 3 is 2.15 bits per heavy atom. The summed E-state index contributed by atoms with van der Waals surface area (Å²) in [5, 5.41) is 2.99. The fraction of sp³-hybridized carbons (Fsp3) is 0.500. The van der Waals surface area contributed by atoms with Crippen LogP contribution in [0.5, 0.6) is 5.75 Å². The fourth-order valence-electron chi connectivity index (χ4n) is 4.09. The summed E-state index contributed by atoms with van der Waals surface area (Å²) in [5.74, 6) is -0.0234. The molecule has 1 N–H and O–H groups in total. The number of methoxy groups -OCH3 is 1. The van der Waals surface area contributed by atoms with Crippen molar-refractivity contribution in [3.8, 4) is 5.75 Å². The Morgan fingerprint density at radius 2 is 1.61 bits per heavy atom. The van der Waals surface area contributed by atoms with Crippen molar-refractivity contribution in [2.75, 3.05) is 20.2 Å². The average Bonchev–Trinajstić information content (AvgIpc) is 3.08. The van der Waals surface area contributed by atoms with E-state index in [-0.39, 0.29) is 27.8 Å². The molecule has 6 nitrogen and oxygen atoms in total.